The number of rotatable bonds is 12. The van der Waals surface area contributed by atoms with Crippen LogP contribution in [0.5, 0.6) is 0 Å². The van der Waals surface area contributed by atoms with Gasteiger partial charge in [-0.05, 0) is 66.6 Å². The fraction of sp³-hybridized carbons (Fsp3) is 0.317. The molecule has 0 aliphatic carbocycles. The van der Waals surface area contributed by atoms with Gasteiger partial charge in [-0.2, -0.15) is 13.2 Å². The van der Waals surface area contributed by atoms with E-state index in [-0.39, 0.29) is 31.1 Å². The Morgan fingerprint density at radius 3 is 2.43 bits per heavy atom. The number of nitrogens with zero attached hydrogens (tertiary/aromatic N) is 3. The second-order valence-electron chi connectivity index (χ2n) is 11.2. The van der Waals surface area contributed by atoms with Gasteiger partial charge in [0.15, 0.2) is 17.1 Å². The minimum atomic E-state index is -4.71. The van der Waals surface area contributed by atoms with E-state index in [4.69, 9.17) is 17.8 Å². The molecule has 4 aromatic carbocycles. The molecule has 6 rings (SSSR count). The minimum Gasteiger partial charge on any atom is -0.383 e. The van der Waals surface area contributed by atoms with E-state index in [1.807, 2.05) is 0 Å². The van der Waals surface area contributed by atoms with E-state index in [1.54, 1.807) is 0 Å². The number of amides is 1. The van der Waals surface area contributed by atoms with Crippen molar-refractivity contribution in [3.63, 3.8) is 0 Å². The highest BCUT2D eigenvalue weighted by molar-refractivity contribution is 7.98. The van der Waals surface area contributed by atoms with Crippen LogP contribution in [0.1, 0.15) is 62.4 Å². The number of pyridine rings is 1. The summed E-state index contributed by atoms with van der Waals surface area (Å²) in [5.41, 5.74) is -8.61. The third-order valence-corrected chi connectivity index (χ3v) is 8.40. The van der Waals surface area contributed by atoms with Gasteiger partial charge in [0.2, 0.25) is 5.91 Å². The first-order valence-corrected chi connectivity index (χ1v) is 16.3. The summed E-state index contributed by atoms with van der Waals surface area (Å²) in [5.74, 6) is -5.79. The molecular weight excluding hydrogens is 710 g/mol. The Morgan fingerprint density at radius 1 is 1.06 bits per heavy atom. The molecule has 6 nitrogen and oxygen atoms in total. The van der Waals surface area contributed by atoms with Crippen LogP contribution in [0.15, 0.2) is 101 Å². The van der Waals surface area contributed by atoms with Gasteiger partial charge in [-0.1, -0.05) is 60.1 Å². The average molecular weight is 770 g/mol. The normalized spacial score (nSPS) is 24.9. The topological polar surface area (TPSA) is 54.8 Å². The van der Waals surface area contributed by atoms with Gasteiger partial charge in [0, 0.05) is 75.5 Å². The molecule has 12 heteroatoms. The Labute approximate surface area is 337 Å². The van der Waals surface area contributed by atoms with Crippen LogP contribution in [0.2, 0.25) is 0 Å². The van der Waals surface area contributed by atoms with E-state index >= 15 is 9.18 Å². The Morgan fingerprint density at radius 2 is 1.75 bits per heavy atom. The van der Waals surface area contributed by atoms with E-state index in [9.17, 15) is 32.0 Å². The number of likely N-dealkylation sites (tertiary alicyclic amines) is 1. The van der Waals surface area contributed by atoms with Crippen LogP contribution >= 0.6 is 11.8 Å². The lowest BCUT2D eigenvalue weighted by molar-refractivity contribution is -0.137. The maximum absolute atomic E-state index is 15.6. The van der Waals surface area contributed by atoms with Gasteiger partial charge >= 0.3 is 6.18 Å². The number of ether oxygens (including phenoxy) is 1. The molecule has 5 aromatic rings. The van der Waals surface area contributed by atoms with Crippen LogP contribution in [-0.4, -0.2) is 59.5 Å². The van der Waals surface area contributed by atoms with E-state index in [0.29, 0.717) is 6.07 Å². The maximum Gasteiger partial charge on any atom is 0.416 e. The number of piperidine rings is 1. The molecule has 1 amide bonds. The summed E-state index contributed by atoms with van der Waals surface area (Å²) < 4.78 is 251. The average Bonchev–Trinajstić information content (AvgIpc) is 3.28. The fourth-order valence-corrected chi connectivity index (χ4v) is 5.67. The van der Waals surface area contributed by atoms with Crippen LogP contribution in [0.4, 0.5) is 22.0 Å². The van der Waals surface area contributed by atoms with Gasteiger partial charge in [-0.15, -0.1) is 11.8 Å². The molecule has 1 fully saturated rings. The number of carbonyl (C=O) groups is 1. The maximum atomic E-state index is 15.6. The molecule has 278 valence electrons. The Balaban J connectivity index is 1.67. The number of fused-ring (bicyclic) bond motifs is 1. The number of thioether (sulfide) groups is 1. The van der Waals surface area contributed by atoms with Gasteiger partial charge < -0.3 is 19.1 Å². The molecular formula is C41H40F5N3O3S. The van der Waals surface area contributed by atoms with Gasteiger partial charge in [0.05, 0.1) is 36.4 Å². The summed E-state index contributed by atoms with van der Waals surface area (Å²) in [6, 6.07) is 1.64. The van der Waals surface area contributed by atoms with Gasteiger partial charge in [0.1, 0.15) is 6.50 Å². The zero-order chi connectivity index (χ0) is 55.4. The number of halogens is 5. The molecule has 1 saturated heterocycles. The molecule has 1 aromatic heterocycles. The zero-order valence-corrected chi connectivity index (χ0v) is 28.2. The van der Waals surface area contributed by atoms with Crippen molar-refractivity contribution in [3.8, 4) is 11.1 Å². The van der Waals surface area contributed by atoms with Crippen molar-refractivity contribution < 1.29 is 58.9 Å². The van der Waals surface area contributed by atoms with Gasteiger partial charge in [-0.3, -0.25) is 9.59 Å². The van der Waals surface area contributed by atoms with E-state index < -0.39 is 168 Å². The molecule has 1 aliphatic rings. The number of methoxy groups -OCH3 is 1. The summed E-state index contributed by atoms with van der Waals surface area (Å²) in [7, 11) is -3.18. The largest absolute Gasteiger partial charge is 0.416 e. The summed E-state index contributed by atoms with van der Waals surface area (Å²) >= 11 is -0.417. The van der Waals surface area contributed by atoms with Crippen molar-refractivity contribution in [2.24, 2.45) is 0 Å². The van der Waals surface area contributed by atoms with Crippen molar-refractivity contribution in [1.29, 1.82) is 0 Å². The molecule has 0 N–H and O–H groups in total. The number of hydrogen-bond donors (Lipinski definition) is 0. The number of benzene rings is 4. The van der Waals surface area contributed by atoms with Crippen LogP contribution < -0.4 is 5.43 Å². The molecule has 0 spiro atoms. The van der Waals surface area contributed by atoms with Crippen molar-refractivity contribution in [2.75, 3.05) is 33.2 Å². The molecule has 0 bridgehead atoms. The number of aromatic nitrogens is 1. The predicted octanol–water partition coefficient (Wildman–Crippen LogP) is 8.71. The summed E-state index contributed by atoms with van der Waals surface area (Å²) in [6.07, 6.45) is -13.3. The first-order chi connectivity index (χ1) is 33.1. The highest BCUT2D eigenvalue weighted by atomic mass is 32.2. The molecule has 0 radical (unpaired) electrons. The smallest absolute Gasteiger partial charge is 0.383 e. The summed E-state index contributed by atoms with van der Waals surface area (Å²) in [4.78, 5) is 29.3. The van der Waals surface area contributed by atoms with Gasteiger partial charge in [-0.25, -0.2) is 8.78 Å². The Kier molecular flexibility index (Phi) is 6.36. The lowest BCUT2D eigenvalue weighted by atomic mass is 10.00. The molecule has 1 aliphatic heterocycles. The quantitative estimate of drug-likeness (QED) is 0.0940. The molecule has 2 heterocycles. The molecule has 0 saturated carbocycles. The SMILES string of the molecule is [2H]c1c(C)c([2H])c2c(=O)c([2H])c(SC([2H])([2H])c3cccc(F)c3F)n(C([2H])([2H])C(=O)N(Cc3ccc(-c4ccc(C(F)(F)F)cc4)cc3)C3([2H])C([2H])([2H])C([2H])([2H])N(CCOC([2H])([2H])[2H])C([2H])([2H])C3([2H])[2H])c2c1[2H]. The van der Waals surface area contributed by atoms with Gasteiger partial charge in [0.25, 0.3) is 0 Å². The zero-order valence-electron chi connectivity index (χ0n) is 47.3. The number of alkyl halides is 3. The lowest BCUT2D eigenvalue weighted by Crippen LogP contribution is -2.48. The summed E-state index contributed by atoms with van der Waals surface area (Å²) in [6.45, 7) is -15.0. The predicted molar refractivity (Wildman–Crippen MR) is 198 cm³/mol. The van der Waals surface area contributed by atoms with E-state index in [1.165, 1.54) is 12.1 Å². The molecule has 0 atom stereocenters. The van der Waals surface area contributed by atoms with E-state index in [0.717, 1.165) is 55.5 Å². The third-order valence-electron chi connectivity index (χ3n) is 7.60. The molecule has 53 heavy (non-hydrogen) atoms. The van der Waals surface area contributed by atoms with Crippen LogP contribution in [0.3, 0.4) is 0 Å². The Hall–Kier alpha value is -4.52. The van der Waals surface area contributed by atoms with Crippen molar-refractivity contribution >= 4 is 28.6 Å². The molecule has 0 unspecified atom stereocenters. The first-order valence-electron chi connectivity index (χ1n) is 25.4. The van der Waals surface area contributed by atoms with Crippen molar-refractivity contribution in [3.05, 3.63) is 135 Å². The number of hydrogen-bond acceptors (Lipinski definition) is 5. The Bertz CT molecular complexity index is 3020. The lowest BCUT2D eigenvalue weighted by Gasteiger charge is -2.39. The van der Waals surface area contributed by atoms with Crippen LogP contribution in [0, 0.1) is 18.6 Å². The van der Waals surface area contributed by atoms with E-state index in [2.05, 4.69) is 4.74 Å². The van der Waals surface area contributed by atoms with Crippen molar-refractivity contribution in [2.45, 2.75) is 55.6 Å². The summed E-state index contributed by atoms with van der Waals surface area (Å²) in [5, 5.41) is -2.39. The second kappa shape index (κ2) is 16.7. The standard InChI is InChI=1S/C41H40F5N3O3S/c1-27-6-15-36-34(22-27)37(50)23-39(53-26-31-4-3-5-35(42)40(31)43)49(36)25-38(51)48(33-16-18-47(19-17-33)20-21-52-2)24-28-7-9-29(10-8-28)30-11-13-32(14-12-30)41(44,45)46/h3-15,22-23,33H,16-21,24-26H2,1-2H3/i2D3,6D,15D,16D2,17D2,18D2,19D2,22D,23D,25D2,26D2,33D. The highest BCUT2D eigenvalue weighted by Gasteiger charge is 2.31. The monoisotopic (exact) mass is 769 g/mol. The fourth-order valence-electron chi connectivity index (χ4n) is 4.94. The number of carbonyl (C=O) groups excluding carboxylic acids is 1. The van der Waals surface area contributed by atoms with Crippen molar-refractivity contribution in [1.82, 2.24) is 14.4 Å². The van der Waals surface area contributed by atoms with Crippen LogP contribution in [-0.2, 0) is 34.5 Å². The highest BCUT2D eigenvalue weighted by Crippen LogP contribution is 2.32. The second-order valence-corrected chi connectivity index (χ2v) is 12.0. The minimum absolute atomic E-state index is 0.0776. The first kappa shape index (κ1) is 20.2. The van der Waals surface area contributed by atoms with Crippen LogP contribution in [0.25, 0.3) is 22.0 Å². The third kappa shape index (κ3) is 9.17.